The summed E-state index contributed by atoms with van der Waals surface area (Å²) < 4.78 is 0. The van der Waals surface area contributed by atoms with E-state index < -0.39 is 91.1 Å². The lowest BCUT2D eigenvalue weighted by Gasteiger charge is -2.27. The number of nitrogens with one attached hydrogen (secondary N) is 6. The van der Waals surface area contributed by atoms with Gasteiger partial charge < -0.3 is 47.5 Å². The van der Waals surface area contributed by atoms with Gasteiger partial charge in [-0.15, -0.1) is 0 Å². The molecule has 0 spiro atoms. The van der Waals surface area contributed by atoms with Crippen molar-refractivity contribution in [1.29, 1.82) is 0 Å². The van der Waals surface area contributed by atoms with Crippen LogP contribution < -0.4 is 32.3 Å². The van der Waals surface area contributed by atoms with Gasteiger partial charge in [0.2, 0.25) is 35.4 Å². The summed E-state index contributed by atoms with van der Waals surface area (Å²) in [6.45, 7) is 3.00. The van der Waals surface area contributed by atoms with Crippen LogP contribution in [0.5, 0.6) is 0 Å². The Morgan fingerprint density at radius 1 is 0.860 bits per heavy atom. The van der Waals surface area contributed by atoms with E-state index in [4.69, 9.17) is 10.8 Å². The number of nitrogens with two attached hydrogens (primary N) is 1. The van der Waals surface area contributed by atoms with E-state index >= 15 is 0 Å². The van der Waals surface area contributed by atoms with Crippen LogP contribution in [0.15, 0.2) is 30.5 Å². The number of H-pyrrole nitrogens is 1. The number of para-hydroxylation sites is 1. The zero-order valence-corrected chi connectivity index (χ0v) is 23.9. The molecule has 43 heavy (non-hydrogen) atoms. The topological polar surface area (TPSA) is 262 Å². The summed E-state index contributed by atoms with van der Waals surface area (Å²) in [7, 11) is 0. The molecule has 16 nitrogen and oxygen atoms in total. The Bertz CT molecular complexity index is 1340. The van der Waals surface area contributed by atoms with Crippen molar-refractivity contribution >= 4 is 52.3 Å². The summed E-state index contributed by atoms with van der Waals surface area (Å²) in [5.74, 6) is -6.81. The molecule has 234 valence electrons. The maximum atomic E-state index is 13.5. The Labute approximate surface area is 246 Å². The number of aliphatic hydroxyl groups excluding tert-OH is 1. The van der Waals surface area contributed by atoms with Crippen LogP contribution in [0.3, 0.4) is 0 Å². The molecule has 0 unspecified atom stereocenters. The molecule has 1 aromatic heterocycles. The highest BCUT2D eigenvalue weighted by molar-refractivity contribution is 5.97. The summed E-state index contributed by atoms with van der Waals surface area (Å²) >= 11 is 0. The highest BCUT2D eigenvalue weighted by Crippen LogP contribution is 2.19. The summed E-state index contributed by atoms with van der Waals surface area (Å²) in [6.07, 6.45) is 0.784. The number of aliphatic hydroxyl groups is 1. The molecular weight excluding hydrogens is 566 g/mol. The fraction of sp³-hybridized carbons (Fsp3) is 0.444. The minimum atomic E-state index is -1.63. The molecular formula is C27H37N7O9. The molecule has 2 aromatic rings. The smallest absolute Gasteiger partial charge is 0.305 e. The number of carboxylic acid groups (broad SMARTS) is 1. The van der Waals surface area contributed by atoms with E-state index in [9.17, 15) is 38.7 Å². The Morgan fingerprint density at radius 3 is 2.05 bits per heavy atom. The third-order valence-corrected chi connectivity index (χ3v) is 6.30. The number of rotatable bonds is 16. The molecule has 4 atom stereocenters. The van der Waals surface area contributed by atoms with Gasteiger partial charge in [-0.2, -0.15) is 0 Å². The van der Waals surface area contributed by atoms with E-state index in [0.29, 0.717) is 5.56 Å². The first-order valence-electron chi connectivity index (χ1n) is 13.3. The van der Waals surface area contributed by atoms with Crippen LogP contribution >= 0.6 is 0 Å². The van der Waals surface area contributed by atoms with Crippen LogP contribution in [0.4, 0.5) is 0 Å². The average Bonchev–Trinajstić information content (AvgIpc) is 3.34. The number of carboxylic acids is 1. The van der Waals surface area contributed by atoms with Gasteiger partial charge in [0.1, 0.15) is 24.2 Å². The van der Waals surface area contributed by atoms with Crippen molar-refractivity contribution in [1.82, 2.24) is 31.6 Å². The predicted octanol–water partition coefficient (Wildman–Crippen LogP) is -2.61. The maximum Gasteiger partial charge on any atom is 0.305 e. The normalized spacial score (nSPS) is 13.7. The molecule has 0 aliphatic rings. The van der Waals surface area contributed by atoms with Crippen LogP contribution in [-0.2, 0) is 40.0 Å². The van der Waals surface area contributed by atoms with Crippen LogP contribution in [-0.4, -0.2) is 93.9 Å². The predicted molar refractivity (Wildman–Crippen MR) is 152 cm³/mol. The first kappa shape index (κ1) is 34.2. The van der Waals surface area contributed by atoms with Crippen LogP contribution in [0.2, 0.25) is 0 Å². The van der Waals surface area contributed by atoms with Gasteiger partial charge in [0.15, 0.2) is 0 Å². The van der Waals surface area contributed by atoms with Crippen molar-refractivity contribution in [2.45, 2.75) is 57.8 Å². The summed E-state index contributed by atoms with van der Waals surface area (Å²) in [5.41, 5.74) is 6.49. The standard InChI is InChI=1S/C27H37N7O9/c1-13(2)23(27(43)30-11-21(28)37)34-25(41)18(8-15-10-29-17-7-5-4-6-16(15)17)32-26(42)20(12-35)33-24(40)19(9-22(38)39)31-14(3)36/h4-7,10,13,18-20,23,29,35H,8-9,11-12H2,1-3H3,(H2,28,37)(H,30,43)(H,31,36)(H,32,42)(H,33,40)(H,34,41)(H,38,39)/t18-,19-,20-,23-/m0/s1. The number of carbonyl (C=O) groups is 7. The maximum absolute atomic E-state index is 13.5. The van der Waals surface area contributed by atoms with Gasteiger partial charge in [-0.3, -0.25) is 33.6 Å². The second kappa shape index (κ2) is 15.9. The second-order valence-corrected chi connectivity index (χ2v) is 10.1. The number of hydrogen-bond acceptors (Lipinski definition) is 8. The zero-order chi connectivity index (χ0) is 32.3. The van der Waals surface area contributed by atoms with Crippen LogP contribution in [0.1, 0.15) is 32.8 Å². The number of aromatic amines is 1. The second-order valence-electron chi connectivity index (χ2n) is 10.1. The molecule has 0 radical (unpaired) electrons. The van der Waals surface area contributed by atoms with Crippen LogP contribution in [0.25, 0.3) is 10.9 Å². The van der Waals surface area contributed by atoms with E-state index in [1.54, 1.807) is 38.2 Å². The largest absolute Gasteiger partial charge is 0.481 e. The number of primary amides is 1. The lowest BCUT2D eigenvalue weighted by molar-refractivity contribution is -0.141. The first-order chi connectivity index (χ1) is 20.2. The summed E-state index contributed by atoms with van der Waals surface area (Å²) in [6, 6.07) is 1.59. The van der Waals surface area contributed by atoms with Gasteiger partial charge >= 0.3 is 5.97 Å². The molecule has 0 saturated heterocycles. The molecule has 0 fully saturated rings. The van der Waals surface area contributed by atoms with E-state index in [2.05, 4.69) is 31.6 Å². The van der Waals surface area contributed by atoms with Crippen LogP contribution in [0, 0.1) is 5.92 Å². The minimum Gasteiger partial charge on any atom is -0.481 e. The summed E-state index contributed by atoms with van der Waals surface area (Å²) in [4.78, 5) is 88.8. The van der Waals surface area contributed by atoms with Gasteiger partial charge in [-0.25, -0.2) is 0 Å². The first-order valence-corrected chi connectivity index (χ1v) is 13.3. The third kappa shape index (κ3) is 10.4. The minimum absolute atomic E-state index is 0.0745. The van der Waals surface area contributed by atoms with Gasteiger partial charge in [-0.05, 0) is 17.5 Å². The molecule has 10 N–H and O–H groups in total. The molecule has 16 heteroatoms. The fourth-order valence-corrected chi connectivity index (χ4v) is 4.17. The van der Waals surface area contributed by atoms with Crippen molar-refractivity contribution < 1.29 is 43.8 Å². The molecule has 0 aliphatic heterocycles. The van der Waals surface area contributed by atoms with Gasteiger partial charge in [0.05, 0.1) is 19.6 Å². The van der Waals surface area contributed by atoms with Crippen molar-refractivity contribution in [3.05, 3.63) is 36.0 Å². The number of aliphatic carboxylic acids is 1. The van der Waals surface area contributed by atoms with E-state index in [1.807, 2.05) is 6.07 Å². The molecule has 0 bridgehead atoms. The molecule has 0 saturated carbocycles. The van der Waals surface area contributed by atoms with Crippen molar-refractivity contribution in [2.24, 2.45) is 11.7 Å². The monoisotopic (exact) mass is 603 g/mol. The van der Waals surface area contributed by atoms with E-state index in [0.717, 1.165) is 17.8 Å². The van der Waals surface area contributed by atoms with E-state index in [-0.39, 0.29) is 6.42 Å². The Kier molecular flexibility index (Phi) is 12.6. The van der Waals surface area contributed by atoms with Crippen molar-refractivity contribution in [3.8, 4) is 0 Å². The lowest BCUT2D eigenvalue weighted by atomic mass is 10.0. The Morgan fingerprint density at radius 2 is 1.47 bits per heavy atom. The molecule has 2 rings (SSSR count). The number of hydrogen-bond donors (Lipinski definition) is 9. The quantitative estimate of drug-likeness (QED) is 0.0972. The number of fused-ring (bicyclic) bond motifs is 1. The zero-order valence-electron chi connectivity index (χ0n) is 23.9. The lowest BCUT2D eigenvalue weighted by Crippen LogP contribution is -2.60. The SMILES string of the molecule is CC(=O)N[C@@H](CC(=O)O)C(=O)N[C@@H](CO)C(=O)N[C@@H](Cc1c[nH]c2ccccc12)C(=O)N[C@H](C(=O)NCC(N)=O)C(C)C. The highest BCUT2D eigenvalue weighted by Gasteiger charge is 2.33. The third-order valence-electron chi connectivity index (χ3n) is 6.30. The molecule has 0 aliphatic carbocycles. The highest BCUT2D eigenvalue weighted by atomic mass is 16.4. The number of benzene rings is 1. The van der Waals surface area contributed by atoms with E-state index in [1.165, 1.54) is 0 Å². The Balaban J connectivity index is 2.32. The fourth-order valence-electron chi connectivity index (χ4n) is 4.17. The summed E-state index contributed by atoms with van der Waals surface area (Å²) in [5, 5.41) is 31.4. The van der Waals surface area contributed by atoms with Crippen molar-refractivity contribution in [3.63, 3.8) is 0 Å². The Hall–Kier alpha value is -4.99. The van der Waals surface area contributed by atoms with Gasteiger partial charge in [-0.1, -0.05) is 32.0 Å². The van der Waals surface area contributed by atoms with Gasteiger partial charge in [0.25, 0.3) is 0 Å². The van der Waals surface area contributed by atoms with Crippen molar-refractivity contribution in [2.75, 3.05) is 13.2 Å². The molecule has 6 amide bonds. The number of amides is 6. The van der Waals surface area contributed by atoms with Gasteiger partial charge in [0, 0.05) is 30.4 Å². The molecule has 1 aromatic carbocycles. The molecule has 1 heterocycles. The number of carbonyl (C=O) groups excluding carboxylic acids is 6. The number of aromatic nitrogens is 1. The average molecular weight is 604 g/mol.